The number of alkyl halides is 3. The number of aliphatic hydroxyl groups excluding tert-OH is 1. The second-order valence-corrected chi connectivity index (χ2v) is 7.21. The minimum Gasteiger partial charge on any atom is -0.376 e. The Hall–Kier alpha value is -2.17. The second-order valence-electron chi connectivity index (χ2n) is 7.21. The van der Waals surface area contributed by atoms with Gasteiger partial charge >= 0.3 is 6.18 Å². The molecule has 1 aromatic rings. The predicted molar refractivity (Wildman–Crippen MR) is 103 cm³/mol. The van der Waals surface area contributed by atoms with Gasteiger partial charge in [0, 0.05) is 24.6 Å². The zero-order valence-corrected chi connectivity index (χ0v) is 17.0. The Balaban J connectivity index is 1.98. The molecule has 2 amide bonds. The molecule has 1 heterocycles. The highest BCUT2D eigenvalue weighted by atomic mass is 19.4. The summed E-state index contributed by atoms with van der Waals surface area (Å²) < 4.78 is 42.8. The molecule has 0 bridgehead atoms. The normalized spacial score (nSPS) is 19.3. The van der Waals surface area contributed by atoms with E-state index in [9.17, 15) is 22.8 Å². The first-order valence-electron chi connectivity index (χ1n) is 9.92. The highest BCUT2D eigenvalue weighted by molar-refractivity contribution is 5.94. The predicted octanol–water partition coefficient (Wildman–Crippen LogP) is 2.32. The molecular formula is C20H28F3N3O4. The van der Waals surface area contributed by atoms with E-state index < -0.39 is 30.5 Å². The third-order valence-electron chi connectivity index (χ3n) is 4.88. The Morgan fingerprint density at radius 1 is 1.30 bits per heavy atom. The van der Waals surface area contributed by atoms with E-state index in [1.54, 1.807) is 4.90 Å². The Bertz CT molecular complexity index is 712. The summed E-state index contributed by atoms with van der Waals surface area (Å²) in [5.41, 5.74) is 0.779. The van der Waals surface area contributed by atoms with Crippen LogP contribution in [0.3, 0.4) is 0 Å². The van der Waals surface area contributed by atoms with E-state index in [1.165, 1.54) is 31.2 Å². The number of carbonyl (C=O) groups is 2. The van der Waals surface area contributed by atoms with Crippen LogP contribution in [0.25, 0.3) is 0 Å². The topological polar surface area (TPSA) is 90.9 Å². The maximum absolute atomic E-state index is 12.6. The lowest BCUT2D eigenvalue weighted by atomic mass is 10.1. The first kappa shape index (κ1) is 24.1. The number of morpholine rings is 1. The second kappa shape index (κ2) is 10.7. The van der Waals surface area contributed by atoms with E-state index in [0.29, 0.717) is 30.7 Å². The first-order chi connectivity index (χ1) is 14.1. The highest BCUT2D eigenvalue weighted by Gasteiger charge is 2.39. The van der Waals surface area contributed by atoms with Crippen molar-refractivity contribution >= 4 is 11.8 Å². The standard InChI is InChI=1S/C20H28F3N3O4/c1-3-4-5-17(27)26-10-11-30-12-16(26)25-18(28)15-8-6-14(7-9-15)13(2)24-19(29)20(21,22)23/h6-9,13,16,19,24,29H,3-5,10-12H2,1-2H3,(H,25,28)/t13?,16-,19?/m0/s1. The van der Waals surface area contributed by atoms with Crippen molar-refractivity contribution in [2.45, 2.75) is 57.7 Å². The summed E-state index contributed by atoms with van der Waals surface area (Å²) in [7, 11) is 0. The van der Waals surface area contributed by atoms with Gasteiger partial charge in [-0.15, -0.1) is 0 Å². The summed E-state index contributed by atoms with van der Waals surface area (Å²) in [6.07, 6.45) is -5.90. The molecule has 0 aliphatic carbocycles. The van der Waals surface area contributed by atoms with Gasteiger partial charge in [-0.2, -0.15) is 13.2 Å². The summed E-state index contributed by atoms with van der Waals surface area (Å²) in [6.45, 7) is 4.47. The molecular weight excluding hydrogens is 403 g/mol. The maximum Gasteiger partial charge on any atom is 0.427 e. The van der Waals surface area contributed by atoms with E-state index >= 15 is 0 Å². The van der Waals surface area contributed by atoms with E-state index in [4.69, 9.17) is 9.84 Å². The van der Waals surface area contributed by atoms with Crippen LogP contribution in [-0.4, -0.2) is 60.1 Å². The lowest BCUT2D eigenvalue weighted by Gasteiger charge is -2.36. The molecule has 1 aliphatic rings. The fourth-order valence-corrected chi connectivity index (χ4v) is 3.08. The Labute approximate surface area is 173 Å². The minimum atomic E-state index is -4.77. The lowest BCUT2D eigenvalue weighted by molar-refractivity contribution is -0.215. The molecule has 0 aromatic heterocycles. The summed E-state index contributed by atoms with van der Waals surface area (Å²) in [5, 5.41) is 14.0. The third-order valence-corrected chi connectivity index (χ3v) is 4.88. The largest absolute Gasteiger partial charge is 0.427 e. The first-order valence-corrected chi connectivity index (χ1v) is 9.92. The van der Waals surface area contributed by atoms with Gasteiger partial charge in [-0.1, -0.05) is 25.5 Å². The molecule has 0 radical (unpaired) electrons. The van der Waals surface area contributed by atoms with Gasteiger partial charge in [0.15, 0.2) is 0 Å². The van der Waals surface area contributed by atoms with E-state index in [2.05, 4.69) is 10.6 Å². The molecule has 0 spiro atoms. The summed E-state index contributed by atoms with van der Waals surface area (Å²) in [6, 6.07) is 5.21. The quantitative estimate of drug-likeness (QED) is 0.550. The van der Waals surface area contributed by atoms with Gasteiger partial charge in [0.05, 0.1) is 13.2 Å². The molecule has 10 heteroatoms. The molecule has 168 valence electrons. The SMILES string of the molecule is CCCCC(=O)N1CCOC[C@H]1NC(=O)c1ccc(C(C)NC(O)C(F)(F)F)cc1. The number of nitrogens with zero attached hydrogens (tertiary/aromatic N) is 1. The number of benzene rings is 1. The lowest BCUT2D eigenvalue weighted by Crippen LogP contribution is -2.57. The average molecular weight is 431 g/mol. The fourth-order valence-electron chi connectivity index (χ4n) is 3.08. The van der Waals surface area contributed by atoms with Crippen molar-refractivity contribution in [3.63, 3.8) is 0 Å². The molecule has 1 saturated heterocycles. The Morgan fingerprint density at radius 2 is 1.97 bits per heavy atom. The molecule has 3 N–H and O–H groups in total. The third kappa shape index (κ3) is 6.68. The van der Waals surface area contributed by atoms with Crippen LogP contribution in [0.1, 0.15) is 55.1 Å². The Morgan fingerprint density at radius 3 is 2.57 bits per heavy atom. The van der Waals surface area contributed by atoms with Gasteiger partial charge in [-0.05, 0) is 31.0 Å². The summed E-state index contributed by atoms with van der Waals surface area (Å²) >= 11 is 0. The number of rotatable bonds is 8. The van der Waals surface area contributed by atoms with E-state index in [0.717, 1.165) is 12.8 Å². The number of nitrogens with one attached hydrogen (secondary N) is 2. The van der Waals surface area contributed by atoms with Gasteiger partial charge in [-0.25, -0.2) is 0 Å². The van der Waals surface area contributed by atoms with Crippen molar-refractivity contribution in [3.05, 3.63) is 35.4 Å². The van der Waals surface area contributed by atoms with Gasteiger partial charge in [0.2, 0.25) is 12.1 Å². The van der Waals surface area contributed by atoms with Gasteiger partial charge in [0.25, 0.3) is 5.91 Å². The van der Waals surface area contributed by atoms with E-state index in [1.807, 2.05) is 6.92 Å². The van der Waals surface area contributed by atoms with Crippen molar-refractivity contribution in [2.24, 2.45) is 0 Å². The van der Waals surface area contributed by atoms with Crippen LogP contribution in [0, 0.1) is 0 Å². The molecule has 2 rings (SSSR count). The molecule has 7 nitrogen and oxygen atoms in total. The molecule has 30 heavy (non-hydrogen) atoms. The van der Waals surface area contributed by atoms with Crippen LogP contribution >= 0.6 is 0 Å². The number of ether oxygens (including phenoxy) is 1. The average Bonchev–Trinajstić information content (AvgIpc) is 2.71. The minimum absolute atomic E-state index is 0.0380. The van der Waals surface area contributed by atoms with Crippen molar-refractivity contribution in [1.29, 1.82) is 0 Å². The highest BCUT2D eigenvalue weighted by Crippen LogP contribution is 2.22. The van der Waals surface area contributed by atoms with Crippen molar-refractivity contribution < 1.29 is 32.6 Å². The van der Waals surface area contributed by atoms with Gasteiger partial charge in [0.1, 0.15) is 6.17 Å². The fraction of sp³-hybridized carbons (Fsp3) is 0.600. The van der Waals surface area contributed by atoms with Crippen LogP contribution in [0.2, 0.25) is 0 Å². The van der Waals surface area contributed by atoms with Crippen molar-refractivity contribution in [3.8, 4) is 0 Å². The smallest absolute Gasteiger partial charge is 0.376 e. The molecule has 0 saturated carbocycles. The van der Waals surface area contributed by atoms with Crippen LogP contribution in [0.5, 0.6) is 0 Å². The van der Waals surface area contributed by atoms with Gasteiger partial charge < -0.3 is 20.1 Å². The molecule has 1 aliphatic heterocycles. The monoisotopic (exact) mass is 431 g/mol. The Kier molecular flexibility index (Phi) is 8.63. The van der Waals surface area contributed by atoms with Crippen molar-refractivity contribution in [2.75, 3.05) is 19.8 Å². The number of amides is 2. The van der Waals surface area contributed by atoms with Crippen LogP contribution < -0.4 is 10.6 Å². The molecule has 1 aromatic carbocycles. The maximum atomic E-state index is 12.6. The van der Waals surface area contributed by atoms with E-state index in [-0.39, 0.29) is 12.5 Å². The summed E-state index contributed by atoms with van der Waals surface area (Å²) in [4.78, 5) is 26.6. The van der Waals surface area contributed by atoms with Gasteiger partial charge in [-0.3, -0.25) is 14.9 Å². The number of unbranched alkanes of at least 4 members (excludes halogenated alkanes) is 1. The molecule has 2 unspecified atom stereocenters. The molecule has 3 atom stereocenters. The van der Waals surface area contributed by atoms with Crippen LogP contribution in [0.4, 0.5) is 13.2 Å². The number of carbonyl (C=O) groups excluding carboxylic acids is 2. The molecule has 1 fully saturated rings. The number of aliphatic hydroxyl groups is 1. The summed E-state index contributed by atoms with van der Waals surface area (Å²) in [5.74, 6) is -0.454. The zero-order valence-electron chi connectivity index (χ0n) is 17.0. The van der Waals surface area contributed by atoms with Crippen LogP contribution in [-0.2, 0) is 9.53 Å². The number of halogens is 3. The van der Waals surface area contributed by atoms with Crippen molar-refractivity contribution in [1.82, 2.24) is 15.5 Å². The number of hydrogen-bond acceptors (Lipinski definition) is 5. The van der Waals surface area contributed by atoms with Crippen LogP contribution in [0.15, 0.2) is 24.3 Å². The zero-order chi connectivity index (χ0) is 22.3. The number of hydrogen-bond donors (Lipinski definition) is 3.